The molecule has 9 nitrogen and oxygen atoms in total. The minimum atomic E-state index is -0.562. The number of aliphatic hydroxyl groups is 1. The number of rotatable bonds is 6. The lowest BCUT2D eigenvalue weighted by Gasteiger charge is -2.35. The van der Waals surface area contributed by atoms with Crippen LogP contribution < -0.4 is 16.4 Å². The molecule has 0 saturated heterocycles. The van der Waals surface area contributed by atoms with Crippen molar-refractivity contribution < 1.29 is 14.3 Å². The Balaban J connectivity index is 1.52. The highest BCUT2D eigenvalue weighted by Crippen LogP contribution is 2.43. The Labute approximate surface area is 224 Å². The van der Waals surface area contributed by atoms with Crippen LogP contribution in [-0.4, -0.2) is 42.7 Å². The topological polar surface area (TPSA) is 131 Å². The smallest absolute Gasteiger partial charge is 0.224 e. The summed E-state index contributed by atoms with van der Waals surface area (Å²) in [4.78, 5) is 26.0. The van der Waals surface area contributed by atoms with Crippen molar-refractivity contribution in [2.75, 3.05) is 10.6 Å². The Hall–Kier alpha value is -2.69. The highest BCUT2D eigenvalue weighted by molar-refractivity contribution is 6.39. The van der Waals surface area contributed by atoms with E-state index in [-0.39, 0.29) is 34.1 Å². The van der Waals surface area contributed by atoms with E-state index in [0.717, 1.165) is 19.3 Å². The summed E-state index contributed by atoms with van der Waals surface area (Å²) in [7, 11) is 0. The highest BCUT2D eigenvalue weighted by atomic mass is 35.5. The van der Waals surface area contributed by atoms with Gasteiger partial charge in [0.25, 0.3) is 0 Å². The number of fused-ring (bicyclic) bond motifs is 1. The van der Waals surface area contributed by atoms with Gasteiger partial charge in [-0.15, -0.1) is 0 Å². The molecule has 0 aliphatic heterocycles. The maximum Gasteiger partial charge on any atom is 0.224 e. The Bertz CT molecular complexity index is 1300. The van der Waals surface area contributed by atoms with E-state index in [2.05, 4.69) is 15.6 Å². The molecular weight excluding hydrogens is 520 g/mol. The van der Waals surface area contributed by atoms with Crippen molar-refractivity contribution in [2.24, 2.45) is 11.1 Å². The number of anilines is 3. The maximum absolute atomic E-state index is 13.8. The molecule has 2 saturated carbocycles. The molecule has 0 bridgehead atoms. The van der Waals surface area contributed by atoms with Crippen molar-refractivity contribution in [1.82, 2.24) is 19.5 Å². The molecule has 1 unspecified atom stereocenters. The van der Waals surface area contributed by atoms with Crippen LogP contribution in [0.25, 0.3) is 11.2 Å². The fraction of sp³-hybridized carbons (Fsp3) is 0.520. The SMILES string of the molecule is C[C@]1(C(N)=O)CC[C@@H](n2c(Nc3c(Cl)cc(F)cc3Cl)nc3cnc(N[C@@H]4CCCC(O)C4)nc32)CC1. The number of nitrogens with two attached hydrogens (primary N) is 1. The van der Waals surface area contributed by atoms with Gasteiger partial charge in [0, 0.05) is 17.5 Å². The van der Waals surface area contributed by atoms with Crippen LogP contribution in [0.15, 0.2) is 18.3 Å². The summed E-state index contributed by atoms with van der Waals surface area (Å²) in [6.07, 6.45) is 7.26. The number of benzene rings is 1. The molecule has 2 aliphatic carbocycles. The van der Waals surface area contributed by atoms with Crippen LogP contribution in [0.4, 0.5) is 22.0 Å². The standard InChI is InChI=1S/C25H30Cl2FN7O2/c1-25(22(29)37)7-5-15(6-8-25)35-21-19(12-30-23(34-21)31-14-3-2-4-16(36)11-14)32-24(35)33-20-17(26)9-13(28)10-18(20)27/h9-10,12,14-16,36H,2-8,11H2,1H3,(H2,29,37)(H,32,33)(H,30,31,34)/t14-,15-,16?,25+/m1/s1. The average molecular weight is 550 g/mol. The monoisotopic (exact) mass is 549 g/mol. The molecule has 5 rings (SSSR count). The van der Waals surface area contributed by atoms with E-state index in [1.54, 1.807) is 6.20 Å². The van der Waals surface area contributed by atoms with E-state index in [4.69, 9.17) is 38.9 Å². The Morgan fingerprint density at radius 1 is 1.19 bits per heavy atom. The third-order valence-corrected chi connectivity index (χ3v) is 8.27. The van der Waals surface area contributed by atoms with Crippen molar-refractivity contribution in [3.8, 4) is 0 Å². The van der Waals surface area contributed by atoms with E-state index in [1.807, 2.05) is 11.5 Å². The Morgan fingerprint density at radius 3 is 2.54 bits per heavy atom. The lowest BCUT2D eigenvalue weighted by molar-refractivity contribution is -0.128. The number of nitrogens with zero attached hydrogens (tertiary/aromatic N) is 4. The van der Waals surface area contributed by atoms with Crippen molar-refractivity contribution in [3.05, 3.63) is 34.2 Å². The molecule has 3 aromatic rings. The van der Waals surface area contributed by atoms with Gasteiger partial charge in [0.15, 0.2) is 5.65 Å². The van der Waals surface area contributed by atoms with Crippen LogP contribution in [-0.2, 0) is 4.79 Å². The third kappa shape index (κ3) is 5.32. The molecule has 37 heavy (non-hydrogen) atoms. The number of carbonyl (C=O) groups is 1. The zero-order chi connectivity index (χ0) is 26.3. The second kappa shape index (κ2) is 10.2. The number of amides is 1. The van der Waals surface area contributed by atoms with Crippen LogP contribution in [0.3, 0.4) is 0 Å². The summed E-state index contributed by atoms with van der Waals surface area (Å²) in [5.41, 5.74) is 6.62. The van der Waals surface area contributed by atoms with E-state index in [9.17, 15) is 14.3 Å². The molecule has 12 heteroatoms. The van der Waals surface area contributed by atoms with Gasteiger partial charge in [-0.05, 0) is 63.5 Å². The van der Waals surface area contributed by atoms with E-state index < -0.39 is 11.2 Å². The number of primary amides is 1. The largest absolute Gasteiger partial charge is 0.393 e. The van der Waals surface area contributed by atoms with Gasteiger partial charge in [-0.3, -0.25) is 9.36 Å². The summed E-state index contributed by atoms with van der Waals surface area (Å²) < 4.78 is 15.8. The molecule has 1 amide bonds. The normalized spacial score (nSPS) is 26.2. The van der Waals surface area contributed by atoms with Crippen molar-refractivity contribution >= 4 is 57.9 Å². The number of hydrogen-bond donors (Lipinski definition) is 4. The first-order chi connectivity index (χ1) is 17.6. The van der Waals surface area contributed by atoms with E-state index >= 15 is 0 Å². The lowest BCUT2D eigenvalue weighted by atomic mass is 9.73. The number of aliphatic hydroxyl groups excluding tert-OH is 1. The number of carbonyl (C=O) groups excluding carboxylic acids is 1. The molecule has 0 spiro atoms. The Morgan fingerprint density at radius 2 is 1.89 bits per heavy atom. The van der Waals surface area contributed by atoms with Gasteiger partial charge in [-0.25, -0.2) is 14.4 Å². The summed E-state index contributed by atoms with van der Waals surface area (Å²) >= 11 is 12.6. The van der Waals surface area contributed by atoms with Crippen molar-refractivity contribution in [3.63, 3.8) is 0 Å². The molecule has 2 aliphatic rings. The summed E-state index contributed by atoms with van der Waals surface area (Å²) in [5, 5.41) is 16.8. The van der Waals surface area contributed by atoms with Crippen LogP contribution in [0.2, 0.25) is 10.0 Å². The van der Waals surface area contributed by atoms with Gasteiger partial charge in [-0.2, -0.15) is 4.98 Å². The molecule has 0 radical (unpaired) electrons. The minimum absolute atomic E-state index is 0.0304. The lowest BCUT2D eigenvalue weighted by Crippen LogP contribution is -2.38. The molecule has 2 heterocycles. The van der Waals surface area contributed by atoms with Crippen molar-refractivity contribution in [2.45, 2.75) is 76.5 Å². The first kappa shape index (κ1) is 25.9. The first-order valence-corrected chi connectivity index (χ1v) is 13.3. The van der Waals surface area contributed by atoms with Gasteiger partial charge in [0.05, 0.1) is 28.0 Å². The molecule has 2 atom stereocenters. The zero-order valence-corrected chi connectivity index (χ0v) is 22.0. The summed E-state index contributed by atoms with van der Waals surface area (Å²) in [5.74, 6) is 0.0576. The fourth-order valence-electron chi connectivity index (χ4n) is 5.39. The van der Waals surface area contributed by atoms with Crippen molar-refractivity contribution in [1.29, 1.82) is 0 Å². The molecule has 2 aromatic heterocycles. The molecule has 2 fully saturated rings. The summed E-state index contributed by atoms with van der Waals surface area (Å²) in [6, 6.07) is 2.42. The molecule has 198 valence electrons. The maximum atomic E-state index is 13.8. The van der Waals surface area contributed by atoms with E-state index in [1.165, 1.54) is 12.1 Å². The van der Waals surface area contributed by atoms with Gasteiger partial charge < -0.3 is 21.5 Å². The predicted molar refractivity (Wildman–Crippen MR) is 142 cm³/mol. The second-order valence-corrected chi connectivity index (χ2v) is 11.2. The summed E-state index contributed by atoms with van der Waals surface area (Å²) in [6.45, 7) is 1.90. The van der Waals surface area contributed by atoms with Crippen LogP contribution in [0, 0.1) is 11.2 Å². The first-order valence-electron chi connectivity index (χ1n) is 12.5. The number of nitrogens with one attached hydrogen (secondary N) is 2. The zero-order valence-electron chi connectivity index (χ0n) is 20.5. The van der Waals surface area contributed by atoms with E-state index in [0.29, 0.717) is 60.9 Å². The average Bonchev–Trinajstić information content (AvgIpc) is 3.19. The Kier molecular flexibility index (Phi) is 7.17. The predicted octanol–water partition coefficient (Wildman–Crippen LogP) is 5.34. The van der Waals surface area contributed by atoms with Crippen LogP contribution in [0.5, 0.6) is 0 Å². The molecule has 1 aromatic carbocycles. The number of aromatic nitrogens is 4. The quantitative estimate of drug-likeness (QED) is 0.326. The van der Waals surface area contributed by atoms with Gasteiger partial charge in [0.1, 0.15) is 11.3 Å². The van der Waals surface area contributed by atoms with Crippen LogP contribution >= 0.6 is 23.2 Å². The van der Waals surface area contributed by atoms with Gasteiger partial charge in [-0.1, -0.05) is 30.1 Å². The van der Waals surface area contributed by atoms with Gasteiger partial charge >= 0.3 is 0 Å². The number of hydrogen-bond acceptors (Lipinski definition) is 7. The van der Waals surface area contributed by atoms with Gasteiger partial charge in [0.2, 0.25) is 17.8 Å². The molecule has 5 N–H and O–H groups in total. The number of imidazole rings is 1. The molecular formula is C25H30Cl2FN7O2. The highest BCUT2D eigenvalue weighted by Gasteiger charge is 2.38. The minimum Gasteiger partial charge on any atom is -0.393 e. The second-order valence-electron chi connectivity index (χ2n) is 10.4. The third-order valence-electron chi connectivity index (χ3n) is 7.67. The van der Waals surface area contributed by atoms with Crippen LogP contribution in [0.1, 0.15) is 64.3 Å². The fourth-order valence-corrected chi connectivity index (χ4v) is 5.94. The number of halogens is 3.